The van der Waals surface area contributed by atoms with Gasteiger partial charge in [-0.15, -0.1) is 11.3 Å². The molecular formula is C20H26N2O3S2. The molecule has 27 heavy (non-hydrogen) atoms. The van der Waals surface area contributed by atoms with Gasteiger partial charge in [-0.05, 0) is 48.4 Å². The van der Waals surface area contributed by atoms with Crippen LogP contribution in [0.25, 0.3) is 0 Å². The quantitative estimate of drug-likeness (QED) is 0.620. The van der Waals surface area contributed by atoms with E-state index in [0.717, 1.165) is 23.6 Å². The van der Waals surface area contributed by atoms with Gasteiger partial charge in [0.25, 0.3) is 5.91 Å². The van der Waals surface area contributed by atoms with Gasteiger partial charge in [-0.25, -0.2) is 13.1 Å². The van der Waals surface area contributed by atoms with Crippen molar-refractivity contribution in [2.75, 3.05) is 6.54 Å². The van der Waals surface area contributed by atoms with Crippen LogP contribution in [0.2, 0.25) is 0 Å². The Kier molecular flexibility index (Phi) is 7.04. The Balaban J connectivity index is 1.52. The standard InChI is InChI=1S/C20H26N2O3S2/c23-20(21-12-4-8-16-6-1-2-7-16)17-9-3-11-19(14-17)27(24,25)22-15-18-10-5-13-26-18/h3,5,9-11,13-14,16,22H,1-2,4,6-8,12,15H2,(H,21,23). The maximum absolute atomic E-state index is 12.5. The predicted molar refractivity (Wildman–Crippen MR) is 108 cm³/mol. The zero-order valence-corrected chi connectivity index (χ0v) is 16.9. The fraction of sp³-hybridized carbons (Fsp3) is 0.450. The van der Waals surface area contributed by atoms with Crippen molar-refractivity contribution in [1.29, 1.82) is 0 Å². The SMILES string of the molecule is O=C(NCCCC1CCCC1)c1cccc(S(=O)(=O)NCc2cccs2)c1. The molecule has 3 rings (SSSR count). The third-order valence-corrected chi connectivity index (χ3v) is 7.25. The number of hydrogen-bond donors (Lipinski definition) is 2. The molecule has 2 aromatic rings. The van der Waals surface area contributed by atoms with Gasteiger partial charge in [0.1, 0.15) is 0 Å². The number of benzene rings is 1. The van der Waals surface area contributed by atoms with E-state index in [1.54, 1.807) is 12.1 Å². The van der Waals surface area contributed by atoms with Crippen LogP contribution in [0.15, 0.2) is 46.7 Å². The van der Waals surface area contributed by atoms with Gasteiger partial charge in [0.15, 0.2) is 0 Å². The van der Waals surface area contributed by atoms with E-state index in [1.165, 1.54) is 49.2 Å². The maximum atomic E-state index is 12.5. The van der Waals surface area contributed by atoms with Gasteiger partial charge in [-0.1, -0.05) is 37.8 Å². The fourth-order valence-electron chi connectivity index (χ4n) is 3.46. The van der Waals surface area contributed by atoms with Crippen molar-refractivity contribution in [2.24, 2.45) is 5.92 Å². The van der Waals surface area contributed by atoms with Crippen molar-refractivity contribution < 1.29 is 13.2 Å². The van der Waals surface area contributed by atoms with E-state index in [0.29, 0.717) is 12.1 Å². The Hall–Kier alpha value is -1.70. The van der Waals surface area contributed by atoms with Crippen LogP contribution >= 0.6 is 11.3 Å². The Morgan fingerprint density at radius 3 is 2.70 bits per heavy atom. The maximum Gasteiger partial charge on any atom is 0.251 e. The summed E-state index contributed by atoms with van der Waals surface area (Å²) in [4.78, 5) is 13.4. The monoisotopic (exact) mass is 406 g/mol. The minimum absolute atomic E-state index is 0.109. The number of rotatable bonds is 9. The zero-order valence-electron chi connectivity index (χ0n) is 15.3. The molecular weight excluding hydrogens is 380 g/mol. The highest BCUT2D eigenvalue weighted by Crippen LogP contribution is 2.28. The topological polar surface area (TPSA) is 75.3 Å². The molecule has 146 valence electrons. The first-order valence-corrected chi connectivity index (χ1v) is 11.8. The average molecular weight is 407 g/mol. The highest BCUT2D eigenvalue weighted by atomic mass is 32.2. The summed E-state index contributed by atoms with van der Waals surface area (Å²) in [5.74, 6) is 0.585. The normalized spacial score (nSPS) is 15.1. The molecule has 1 aliphatic carbocycles. The predicted octanol–water partition coefficient (Wildman–Crippen LogP) is 3.93. The summed E-state index contributed by atoms with van der Waals surface area (Å²) in [6.07, 6.45) is 7.41. The van der Waals surface area contributed by atoms with Crippen molar-refractivity contribution in [1.82, 2.24) is 10.0 Å². The van der Waals surface area contributed by atoms with E-state index in [4.69, 9.17) is 0 Å². The molecule has 0 saturated heterocycles. The molecule has 0 aliphatic heterocycles. The molecule has 0 bridgehead atoms. The van der Waals surface area contributed by atoms with Crippen LogP contribution in [0.1, 0.15) is 53.8 Å². The van der Waals surface area contributed by atoms with Gasteiger partial charge in [-0.3, -0.25) is 4.79 Å². The zero-order chi connectivity index (χ0) is 19.1. The Morgan fingerprint density at radius 2 is 1.96 bits per heavy atom. The third-order valence-electron chi connectivity index (χ3n) is 4.97. The molecule has 7 heteroatoms. The molecule has 2 N–H and O–H groups in total. The lowest BCUT2D eigenvalue weighted by molar-refractivity contribution is 0.0952. The van der Waals surface area contributed by atoms with Crippen molar-refractivity contribution in [2.45, 2.75) is 50.0 Å². The largest absolute Gasteiger partial charge is 0.352 e. The summed E-state index contributed by atoms with van der Waals surface area (Å²) < 4.78 is 27.5. The molecule has 1 aromatic heterocycles. The van der Waals surface area contributed by atoms with Gasteiger partial charge in [-0.2, -0.15) is 0 Å². The van der Waals surface area contributed by atoms with Gasteiger partial charge in [0.2, 0.25) is 10.0 Å². The minimum Gasteiger partial charge on any atom is -0.352 e. The van der Waals surface area contributed by atoms with E-state index in [-0.39, 0.29) is 17.3 Å². The van der Waals surface area contributed by atoms with Crippen molar-refractivity contribution in [3.05, 3.63) is 52.2 Å². The highest BCUT2D eigenvalue weighted by Gasteiger charge is 2.17. The first kappa shape index (κ1) is 20.0. The van der Waals surface area contributed by atoms with Crippen molar-refractivity contribution >= 4 is 27.3 Å². The number of thiophene rings is 1. The molecule has 0 radical (unpaired) electrons. The van der Waals surface area contributed by atoms with Gasteiger partial charge in [0, 0.05) is 23.5 Å². The fourth-order valence-corrected chi connectivity index (χ4v) is 5.25. The number of carbonyl (C=O) groups excluding carboxylic acids is 1. The van der Waals surface area contributed by atoms with Gasteiger partial charge < -0.3 is 5.32 Å². The molecule has 0 spiro atoms. The van der Waals surface area contributed by atoms with E-state index >= 15 is 0 Å². The first-order valence-electron chi connectivity index (χ1n) is 9.45. The lowest BCUT2D eigenvalue weighted by Crippen LogP contribution is -2.26. The van der Waals surface area contributed by atoms with Crippen LogP contribution in [0.4, 0.5) is 0 Å². The molecule has 1 fully saturated rings. The van der Waals surface area contributed by atoms with Crippen LogP contribution in [0.3, 0.4) is 0 Å². The first-order chi connectivity index (χ1) is 13.0. The second-order valence-electron chi connectivity index (χ2n) is 6.98. The number of hydrogen-bond acceptors (Lipinski definition) is 4. The number of nitrogens with one attached hydrogen (secondary N) is 2. The molecule has 5 nitrogen and oxygen atoms in total. The van der Waals surface area contributed by atoms with Gasteiger partial charge in [0.05, 0.1) is 4.90 Å². The molecule has 0 atom stereocenters. The third kappa shape index (κ3) is 5.89. The summed E-state index contributed by atoms with van der Waals surface area (Å²) in [6.45, 7) is 0.876. The number of carbonyl (C=O) groups is 1. The molecule has 1 aromatic carbocycles. The molecule has 1 saturated carbocycles. The van der Waals surface area contributed by atoms with Crippen molar-refractivity contribution in [3.8, 4) is 0 Å². The van der Waals surface area contributed by atoms with Crippen LogP contribution in [0, 0.1) is 5.92 Å². The Bertz CT molecular complexity index is 842. The molecule has 1 aliphatic rings. The van der Waals surface area contributed by atoms with Crippen molar-refractivity contribution in [3.63, 3.8) is 0 Å². The van der Waals surface area contributed by atoms with Crippen LogP contribution < -0.4 is 10.0 Å². The summed E-state index contributed by atoms with van der Waals surface area (Å²) in [5, 5.41) is 4.81. The van der Waals surface area contributed by atoms with E-state index in [9.17, 15) is 13.2 Å². The summed E-state index contributed by atoms with van der Waals surface area (Å²) in [7, 11) is -3.65. The molecule has 0 unspecified atom stereocenters. The molecule has 1 amide bonds. The van der Waals surface area contributed by atoms with Crippen LogP contribution in [-0.2, 0) is 16.6 Å². The van der Waals surface area contributed by atoms with E-state index < -0.39 is 10.0 Å². The number of sulfonamides is 1. The van der Waals surface area contributed by atoms with Crippen LogP contribution in [-0.4, -0.2) is 20.9 Å². The van der Waals surface area contributed by atoms with E-state index in [1.807, 2.05) is 17.5 Å². The molecule has 1 heterocycles. The second kappa shape index (κ2) is 9.48. The van der Waals surface area contributed by atoms with Crippen LogP contribution in [0.5, 0.6) is 0 Å². The Morgan fingerprint density at radius 1 is 1.15 bits per heavy atom. The second-order valence-corrected chi connectivity index (χ2v) is 9.78. The summed E-state index contributed by atoms with van der Waals surface area (Å²) in [5.41, 5.74) is 0.370. The highest BCUT2D eigenvalue weighted by molar-refractivity contribution is 7.89. The van der Waals surface area contributed by atoms with Gasteiger partial charge >= 0.3 is 0 Å². The summed E-state index contributed by atoms with van der Waals surface area (Å²) >= 11 is 1.50. The lowest BCUT2D eigenvalue weighted by atomic mass is 10.0. The Labute approximate surface area is 165 Å². The number of amides is 1. The lowest BCUT2D eigenvalue weighted by Gasteiger charge is -2.10. The smallest absolute Gasteiger partial charge is 0.251 e. The average Bonchev–Trinajstić information content (AvgIpc) is 3.37. The van der Waals surface area contributed by atoms with E-state index in [2.05, 4.69) is 10.0 Å². The summed E-state index contributed by atoms with van der Waals surface area (Å²) in [6, 6.07) is 9.95. The minimum atomic E-state index is -3.65.